The Labute approximate surface area is 132 Å². The van der Waals surface area contributed by atoms with Crippen molar-refractivity contribution in [1.82, 2.24) is 5.32 Å². The summed E-state index contributed by atoms with van der Waals surface area (Å²) in [5.74, 6) is -0.432. The minimum absolute atomic E-state index is 0.0669. The number of benzene rings is 2. The number of carbonyl (C=O) groups is 1. The lowest BCUT2D eigenvalue weighted by atomic mass is 10.2. The molecule has 0 fully saturated rings. The zero-order chi connectivity index (χ0) is 15.3. The Balaban J connectivity index is 1.96. The van der Waals surface area contributed by atoms with Gasteiger partial charge in [0, 0.05) is 11.0 Å². The monoisotopic (exact) mass is 367 g/mol. The maximum atomic E-state index is 12.1. The zero-order valence-electron chi connectivity index (χ0n) is 11.1. The fourth-order valence-corrected chi connectivity index (χ4v) is 3.43. The smallest absolute Gasteiger partial charge is 0.252 e. The fourth-order valence-electron chi connectivity index (χ4n) is 1.79. The highest BCUT2D eigenvalue weighted by Gasteiger charge is 2.15. The van der Waals surface area contributed by atoms with Crippen LogP contribution in [0.25, 0.3) is 0 Å². The van der Waals surface area contributed by atoms with Crippen molar-refractivity contribution in [1.29, 1.82) is 0 Å². The fraction of sp³-hybridized carbons (Fsp3) is 0.133. The molecular weight excluding hydrogens is 354 g/mol. The number of hydrogen-bond donors (Lipinski definition) is 1. The van der Waals surface area contributed by atoms with E-state index in [0.717, 1.165) is 0 Å². The van der Waals surface area contributed by atoms with Crippen LogP contribution in [-0.4, -0.2) is 26.6 Å². The van der Waals surface area contributed by atoms with Crippen molar-refractivity contribution in [2.45, 2.75) is 4.90 Å². The Bertz CT molecular complexity index is 730. The van der Waals surface area contributed by atoms with Gasteiger partial charge in [0.2, 0.25) is 0 Å². The number of nitrogens with one attached hydrogen (secondary N) is 1. The average Bonchev–Trinajstić information content (AvgIpc) is 2.48. The van der Waals surface area contributed by atoms with Crippen LogP contribution >= 0.6 is 15.9 Å². The van der Waals surface area contributed by atoms with E-state index in [0.29, 0.717) is 10.0 Å². The second kappa shape index (κ2) is 6.87. The number of carbonyl (C=O) groups excluding carboxylic acids is 1. The third-order valence-corrected chi connectivity index (χ3v) is 5.30. The summed E-state index contributed by atoms with van der Waals surface area (Å²) in [5, 5.41) is 2.62. The standard InChI is InChI=1S/C15H14BrNO3S/c16-14-9-5-4-8-13(14)15(18)17-10-11-21(19,20)12-6-2-1-3-7-12/h1-9H,10-11H2,(H,17,18). The van der Waals surface area contributed by atoms with Crippen LogP contribution in [0.4, 0.5) is 0 Å². The molecule has 2 rings (SSSR count). The van der Waals surface area contributed by atoms with Crippen molar-refractivity contribution < 1.29 is 13.2 Å². The quantitative estimate of drug-likeness (QED) is 0.883. The number of halogens is 1. The summed E-state index contributed by atoms with van der Waals surface area (Å²) in [4.78, 5) is 12.2. The summed E-state index contributed by atoms with van der Waals surface area (Å²) in [6.07, 6.45) is 0. The van der Waals surface area contributed by atoms with Crippen molar-refractivity contribution in [2.24, 2.45) is 0 Å². The van der Waals surface area contributed by atoms with Crippen LogP contribution in [0.15, 0.2) is 64.0 Å². The van der Waals surface area contributed by atoms with Gasteiger partial charge in [-0.1, -0.05) is 30.3 Å². The molecule has 0 atom stereocenters. The molecule has 0 saturated carbocycles. The van der Waals surface area contributed by atoms with Gasteiger partial charge in [-0.15, -0.1) is 0 Å². The molecule has 0 saturated heterocycles. The molecule has 2 aromatic rings. The van der Waals surface area contributed by atoms with Gasteiger partial charge in [0.1, 0.15) is 0 Å². The lowest BCUT2D eigenvalue weighted by Crippen LogP contribution is -2.29. The topological polar surface area (TPSA) is 63.2 Å². The predicted molar refractivity (Wildman–Crippen MR) is 85.0 cm³/mol. The SMILES string of the molecule is O=C(NCCS(=O)(=O)c1ccccc1)c1ccccc1Br. The maximum Gasteiger partial charge on any atom is 0.252 e. The molecular formula is C15H14BrNO3S. The number of rotatable bonds is 5. The molecule has 0 aliphatic heterocycles. The van der Waals surface area contributed by atoms with Crippen LogP contribution in [0.3, 0.4) is 0 Å². The highest BCUT2D eigenvalue weighted by Crippen LogP contribution is 2.15. The number of amides is 1. The third kappa shape index (κ3) is 4.15. The van der Waals surface area contributed by atoms with Crippen molar-refractivity contribution in [3.8, 4) is 0 Å². The van der Waals surface area contributed by atoms with Gasteiger partial charge in [-0.05, 0) is 40.2 Å². The van der Waals surface area contributed by atoms with Gasteiger partial charge in [-0.25, -0.2) is 8.42 Å². The van der Waals surface area contributed by atoms with E-state index in [1.807, 2.05) is 0 Å². The molecule has 110 valence electrons. The minimum Gasteiger partial charge on any atom is -0.351 e. The van der Waals surface area contributed by atoms with Gasteiger partial charge in [0.25, 0.3) is 5.91 Å². The molecule has 21 heavy (non-hydrogen) atoms. The molecule has 6 heteroatoms. The van der Waals surface area contributed by atoms with E-state index in [1.54, 1.807) is 54.6 Å². The average molecular weight is 368 g/mol. The van der Waals surface area contributed by atoms with Crippen molar-refractivity contribution in [3.05, 3.63) is 64.6 Å². The number of hydrogen-bond acceptors (Lipinski definition) is 3. The van der Waals surface area contributed by atoms with Crippen molar-refractivity contribution in [2.75, 3.05) is 12.3 Å². The maximum absolute atomic E-state index is 12.1. The molecule has 0 bridgehead atoms. The van der Waals surface area contributed by atoms with Crippen LogP contribution in [0.2, 0.25) is 0 Å². The first-order chi connectivity index (χ1) is 10.0. The summed E-state index contributed by atoms with van der Waals surface area (Å²) < 4.78 is 24.8. The van der Waals surface area contributed by atoms with Crippen molar-refractivity contribution >= 4 is 31.7 Å². The lowest BCUT2D eigenvalue weighted by molar-refractivity contribution is 0.0955. The van der Waals surface area contributed by atoms with Gasteiger partial charge in [0.15, 0.2) is 9.84 Å². The van der Waals surface area contributed by atoms with Crippen molar-refractivity contribution in [3.63, 3.8) is 0 Å². The first kappa shape index (κ1) is 15.7. The van der Waals surface area contributed by atoms with Crippen LogP contribution in [0.5, 0.6) is 0 Å². The Morgan fingerprint density at radius 2 is 1.62 bits per heavy atom. The van der Waals surface area contributed by atoms with Gasteiger partial charge in [0.05, 0.1) is 16.2 Å². The molecule has 2 aromatic carbocycles. The molecule has 0 heterocycles. The van der Waals surface area contributed by atoms with E-state index in [-0.39, 0.29) is 23.1 Å². The molecule has 0 aliphatic carbocycles. The molecule has 0 aromatic heterocycles. The number of sulfone groups is 1. The summed E-state index contributed by atoms with van der Waals surface area (Å²) in [5.41, 5.74) is 0.481. The summed E-state index contributed by atoms with van der Waals surface area (Å²) in [7, 11) is -3.37. The third-order valence-electron chi connectivity index (χ3n) is 2.88. The lowest BCUT2D eigenvalue weighted by Gasteiger charge is -2.07. The summed E-state index contributed by atoms with van der Waals surface area (Å²) in [6.45, 7) is 0.0669. The molecule has 4 nitrogen and oxygen atoms in total. The summed E-state index contributed by atoms with van der Waals surface area (Å²) in [6, 6.07) is 15.2. The summed E-state index contributed by atoms with van der Waals surface area (Å²) >= 11 is 3.29. The highest BCUT2D eigenvalue weighted by atomic mass is 79.9. The molecule has 1 amide bonds. The second-order valence-electron chi connectivity index (χ2n) is 4.37. The van der Waals surface area contributed by atoms with Gasteiger partial charge >= 0.3 is 0 Å². The van der Waals surface area contributed by atoms with Gasteiger partial charge < -0.3 is 5.32 Å². The van der Waals surface area contributed by atoms with E-state index >= 15 is 0 Å². The van der Waals surface area contributed by atoms with Crippen LogP contribution in [0.1, 0.15) is 10.4 Å². The first-order valence-electron chi connectivity index (χ1n) is 6.31. The van der Waals surface area contributed by atoms with Gasteiger partial charge in [-0.3, -0.25) is 4.79 Å². The van der Waals surface area contributed by atoms with Crippen LogP contribution in [-0.2, 0) is 9.84 Å². The van der Waals surface area contributed by atoms with Crippen LogP contribution in [0, 0.1) is 0 Å². The Hall–Kier alpha value is -1.66. The Morgan fingerprint density at radius 1 is 1.00 bits per heavy atom. The molecule has 0 aliphatic rings. The first-order valence-corrected chi connectivity index (χ1v) is 8.76. The van der Waals surface area contributed by atoms with E-state index < -0.39 is 9.84 Å². The highest BCUT2D eigenvalue weighted by molar-refractivity contribution is 9.10. The zero-order valence-corrected chi connectivity index (χ0v) is 13.5. The Kier molecular flexibility index (Phi) is 5.14. The van der Waals surface area contributed by atoms with E-state index in [4.69, 9.17) is 0 Å². The largest absolute Gasteiger partial charge is 0.351 e. The van der Waals surface area contributed by atoms with Gasteiger partial charge in [-0.2, -0.15) is 0 Å². The van der Waals surface area contributed by atoms with E-state index in [9.17, 15) is 13.2 Å². The minimum atomic E-state index is -3.37. The second-order valence-corrected chi connectivity index (χ2v) is 7.33. The molecule has 0 radical (unpaired) electrons. The molecule has 0 spiro atoms. The Morgan fingerprint density at radius 3 is 2.29 bits per heavy atom. The normalized spacial score (nSPS) is 11.1. The van der Waals surface area contributed by atoms with E-state index in [2.05, 4.69) is 21.2 Å². The molecule has 1 N–H and O–H groups in total. The predicted octanol–water partition coefficient (Wildman–Crippen LogP) is 2.65. The molecule has 0 unspecified atom stereocenters. The van der Waals surface area contributed by atoms with Crippen LogP contribution < -0.4 is 5.32 Å². The van der Waals surface area contributed by atoms with E-state index in [1.165, 1.54) is 0 Å².